The van der Waals surface area contributed by atoms with Crippen LogP contribution in [0.25, 0.3) is 0 Å². The predicted octanol–water partition coefficient (Wildman–Crippen LogP) is 4.95. The molecule has 0 unspecified atom stereocenters. The molecule has 0 fully saturated rings. The van der Waals surface area contributed by atoms with Crippen molar-refractivity contribution in [3.05, 3.63) is 12.1 Å². The summed E-state index contributed by atoms with van der Waals surface area (Å²) in [4.78, 5) is 4.20. The molecule has 2 N–H and O–H groups in total. The molecule has 0 aromatic heterocycles. The SMILES string of the molecule is CCCCCCCCCC=Nc1cc(O)c(OC)cc1O. The van der Waals surface area contributed by atoms with E-state index in [9.17, 15) is 10.2 Å². The van der Waals surface area contributed by atoms with Gasteiger partial charge in [-0.1, -0.05) is 45.4 Å². The van der Waals surface area contributed by atoms with Gasteiger partial charge in [-0.2, -0.15) is 0 Å². The average Bonchev–Trinajstić information content (AvgIpc) is 2.48. The Morgan fingerprint density at radius 3 is 2.33 bits per heavy atom. The smallest absolute Gasteiger partial charge is 0.164 e. The minimum Gasteiger partial charge on any atom is -0.506 e. The van der Waals surface area contributed by atoms with Crippen molar-refractivity contribution in [2.75, 3.05) is 7.11 Å². The standard InChI is InChI=1S/C17H27NO3/c1-3-4-5-6-7-8-9-10-11-18-14-12-16(20)17(21-2)13-15(14)19/h11-13,19-20H,3-10H2,1-2H3. The Morgan fingerprint density at radius 1 is 1.00 bits per heavy atom. The van der Waals surface area contributed by atoms with Crippen LogP contribution in [0.4, 0.5) is 5.69 Å². The number of hydrogen-bond acceptors (Lipinski definition) is 4. The van der Waals surface area contributed by atoms with E-state index in [-0.39, 0.29) is 17.2 Å². The fourth-order valence-electron chi connectivity index (χ4n) is 2.17. The Bertz CT molecular complexity index is 444. The number of nitrogens with zero attached hydrogens (tertiary/aromatic N) is 1. The van der Waals surface area contributed by atoms with E-state index in [0.717, 1.165) is 12.8 Å². The van der Waals surface area contributed by atoms with Crippen LogP contribution in [0.2, 0.25) is 0 Å². The highest BCUT2D eigenvalue weighted by molar-refractivity contribution is 5.69. The normalized spacial score (nSPS) is 11.1. The van der Waals surface area contributed by atoms with Crippen LogP contribution in [0.5, 0.6) is 17.2 Å². The maximum atomic E-state index is 9.77. The van der Waals surface area contributed by atoms with Crippen molar-refractivity contribution in [2.45, 2.75) is 58.3 Å². The van der Waals surface area contributed by atoms with Gasteiger partial charge in [-0.05, 0) is 12.8 Å². The van der Waals surface area contributed by atoms with Gasteiger partial charge < -0.3 is 14.9 Å². The Labute approximate surface area is 127 Å². The van der Waals surface area contributed by atoms with Gasteiger partial charge in [-0.15, -0.1) is 0 Å². The first-order valence-corrected chi connectivity index (χ1v) is 7.81. The van der Waals surface area contributed by atoms with Gasteiger partial charge in [0.25, 0.3) is 0 Å². The highest BCUT2D eigenvalue weighted by Crippen LogP contribution is 2.37. The van der Waals surface area contributed by atoms with E-state index in [2.05, 4.69) is 11.9 Å². The van der Waals surface area contributed by atoms with Crippen LogP contribution in [0, 0.1) is 0 Å². The van der Waals surface area contributed by atoms with E-state index in [1.807, 2.05) is 0 Å². The van der Waals surface area contributed by atoms with Crippen LogP contribution < -0.4 is 4.74 Å². The molecule has 0 heterocycles. The molecule has 21 heavy (non-hydrogen) atoms. The van der Waals surface area contributed by atoms with Crippen molar-refractivity contribution in [3.63, 3.8) is 0 Å². The molecule has 0 bridgehead atoms. The zero-order chi connectivity index (χ0) is 15.5. The lowest BCUT2D eigenvalue weighted by Crippen LogP contribution is -1.84. The van der Waals surface area contributed by atoms with Gasteiger partial charge >= 0.3 is 0 Å². The molecule has 4 nitrogen and oxygen atoms in total. The molecule has 0 saturated heterocycles. The Morgan fingerprint density at radius 2 is 1.67 bits per heavy atom. The molecule has 0 saturated carbocycles. The molecule has 0 radical (unpaired) electrons. The third-order valence-electron chi connectivity index (χ3n) is 3.44. The van der Waals surface area contributed by atoms with Gasteiger partial charge in [0.15, 0.2) is 11.5 Å². The highest BCUT2D eigenvalue weighted by Gasteiger charge is 2.07. The summed E-state index contributed by atoms with van der Waals surface area (Å²) in [5.41, 5.74) is 0.372. The van der Waals surface area contributed by atoms with Gasteiger partial charge in [0.1, 0.15) is 11.4 Å². The summed E-state index contributed by atoms with van der Waals surface area (Å²) in [5.74, 6) is 0.248. The summed E-state index contributed by atoms with van der Waals surface area (Å²) in [6.07, 6.45) is 11.6. The summed E-state index contributed by atoms with van der Waals surface area (Å²) >= 11 is 0. The second-order valence-electron chi connectivity index (χ2n) is 5.23. The maximum Gasteiger partial charge on any atom is 0.164 e. The van der Waals surface area contributed by atoms with Crippen molar-refractivity contribution >= 4 is 11.9 Å². The quantitative estimate of drug-likeness (QED) is 0.364. The van der Waals surface area contributed by atoms with E-state index >= 15 is 0 Å². The number of methoxy groups -OCH3 is 1. The van der Waals surface area contributed by atoms with Crippen LogP contribution in [-0.2, 0) is 0 Å². The fourth-order valence-corrected chi connectivity index (χ4v) is 2.17. The summed E-state index contributed by atoms with van der Waals surface area (Å²) in [6.45, 7) is 2.23. The Hall–Kier alpha value is -1.71. The zero-order valence-electron chi connectivity index (χ0n) is 13.1. The topological polar surface area (TPSA) is 62.1 Å². The molecule has 118 valence electrons. The van der Waals surface area contributed by atoms with Crippen molar-refractivity contribution in [3.8, 4) is 17.2 Å². The number of hydrogen-bond donors (Lipinski definition) is 2. The second-order valence-corrected chi connectivity index (χ2v) is 5.23. The maximum absolute atomic E-state index is 9.77. The summed E-state index contributed by atoms with van der Waals surface area (Å²) in [6, 6.07) is 2.78. The molecule has 0 amide bonds. The third kappa shape index (κ3) is 6.52. The van der Waals surface area contributed by atoms with Crippen molar-refractivity contribution in [2.24, 2.45) is 4.99 Å². The first kappa shape index (κ1) is 17.3. The van der Waals surface area contributed by atoms with Crippen molar-refractivity contribution < 1.29 is 14.9 Å². The van der Waals surface area contributed by atoms with E-state index in [1.165, 1.54) is 57.8 Å². The molecule has 0 aliphatic rings. The van der Waals surface area contributed by atoms with Crippen molar-refractivity contribution in [1.29, 1.82) is 0 Å². The molecular formula is C17H27NO3. The zero-order valence-corrected chi connectivity index (χ0v) is 13.1. The van der Waals surface area contributed by atoms with E-state index in [1.54, 1.807) is 6.21 Å². The lowest BCUT2D eigenvalue weighted by molar-refractivity contribution is 0.369. The predicted molar refractivity (Wildman–Crippen MR) is 87.1 cm³/mol. The minimum atomic E-state index is -0.0154. The van der Waals surface area contributed by atoms with Crippen molar-refractivity contribution in [1.82, 2.24) is 0 Å². The molecular weight excluding hydrogens is 266 g/mol. The van der Waals surface area contributed by atoms with Crippen LogP contribution in [0.1, 0.15) is 58.3 Å². The fraction of sp³-hybridized carbons (Fsp3) is 0.588. The summed E-state index contributed by atoms with van der Waals surface area (Å²) in [7, 11) is 1.44. The number of unbranched alkanes of at least 4 members (excludes halogenated alkanes) is 7. The molecule has 0 atom stereocenters. The van der Waals surface area contributed by atoms with E-state index in [4.69, 9.17) is 4.74 Å². The van der Waals surface area contributed by atoms with E-state index in [0.29, 0.717) is 5.69 Å². The molecule has 1 rings (SSSR count). The summed E-state index contributed by atoms with van der Waals surface area (Å²) in [5, 5.41) is 19.4. The van der Waals surface area contributed by atoms with Gasteiger partial charge in [0.2, 0.25) is 0 Å². The minimum absolute atomic E-state index is 0.0143. The average molecular weight is 293 g/mol. The monoisotopic (exact) mass is 293 g/mol. The van der Waals surface area contributed by atoms with Crippen LogP contribution in [0.3, 0.4) is 0 Å². The van der Waals surface area contributed by atoms with Gasteiger partial charge in [-0.25, -0.2) is 0 Å². The highest BCUT2D eigenvalue weighted by atomic mass is 16.5. The first-order chi connectivity index (χ1) is 10.2. The van der Waals surface area contributed by atoms with Gasteiger partial charge in [0, 0.05) is 18.3 Å². The third-order valence-corrected chi connectivity index (χ3v) is 3.44. The largest absolute Gasteiger partial charge is 0.506 e. The second kappa shape index (κ2) is 10.1. The number of aliphatic imine (C=N–C) groups is 1. The van der Waals surface area contributed by atoms with E-state index < -0.39 is 0 Å². The number of ether oxygens (including phenoxy) is 1. The number of rotatable bonds is 10. The lowest BCUT2D eigenvalue weighted by atomic mass is 10.1. The first-order valence-electron chi connectivity index (χ1n) is 7.81. The van der Waals surface area contributed by atoms with Crippen LogP contribution in [-0.4, -0.2) is 23.5 Å². The Kier molecular flexibility index (Phi) is 8.32. The van der Waals surface area contributed by atoms with Crippen LogP contribution >= 0.6 is 0 Å². The molecule has 4 heteroatoms. The lowest BCUT2D eigenvalue weighted by Gasteiger charge is -2.05. The molecule has 1 aromatic carbocycles. The number of aromatic hydroxyl groups is 2. The summed E-state index contributed by atoms with van der Waals surface area (Å²) < 4.78 is 4.92. The van der Waals surface area contributed by atoms with Crippen LogP contribution in [0.15, 0.2) is 17.1 Å². The molecule has 0 spiro atoms. The Balaban J connectivity index is 2.29. The number of phenolic OH excluding ortho intramolecular Hbond substituents is 2. The molecule has 0 aliphatic carbocycles. The molecule has 0 aliphatic heterocycles. The number of phenols is 2. The van der Waals surface area contributed by atoms with Gasteiger partial charge in [0.05, 0.1) is 7.11 Å². The number of benzene rings is 1. The van der Waals surface area contributed by atoms with Gasteiger partial charge in [-0.3, -0.25) is 4.99 Å². The molecule has 1 aromatic rings.